The highest BCUT2D eigenvalue weighted by molar-refractivity contribution is 5.40. The van der Waals surface area contributed by atoms with Gasteiger partial charge in [0.1, 0.15) is 5.82 Å². The van der Waals surface area contributed by atoms with Gasteiger partial charge in [0.05, 0.1) is 0 Å². The summed E-state index contributed by atoms with van der Waals surface area (Å²) in [4.78, 5) is 30.8. The molecule has 4 heterocycles. The lowest BCUT2D eigenvalue weighted by Crippen LogP contribution is -2.42. The first-order valence-corrected chi connectivity index (χ1v) is 10.3. The number of aromatic nitrogens is 3. The summed E-state index contributed by atoms with van der Waals surface area (Å²) >= 11 is 0. The van der Waals surface area contributed by atoms with E-state index in [9.17, 15) is 9.59 Å². The van der Waals surface area contributed by atoms with Crippen LogP contribution in [-0.4, -0.2) is 46.5 Å². The zero-order valence-corrected chi connectivity index (χ0v) is 17.1. The highest BCUT2D eigenvalue weighted by Crippen LogP contribution is 2.31. The maximum atomic E-state index is 12.3. The van der Waals surface area contributed by atoms with Crippen molar-refractivity contribution in [2.75, 3.05) is 31.2 Å². The van der Waals surface area contributed by atoms with E-state index in [0.29, 0.717) is 11.7 Å². The van der Waals surface area contributed by atoms with E-state index in [1.54, 1.807) is 23.9 Å². The van der Waals surface area contributed by atoms with Crippen molar-refractivity contribution in [3.8, 4) is 0 Å². The van der Waals surface area contributed by atoms with E-state index in [0.717, 1.165) is 50.1 Å². The number of hydrogen-bond acceptors (Lipinski definition) is 6. The lowest BCUT2D eigenvalue weighted by Gasteiger charge is -2.33. The molecule has 0 bridgehead atoms. The molecular weight excluding hydrogens is 370 g/mol. The summed E-state index contributed by atoms with van der Waals surface area (Å²) in [6.07, 6.45) is 6.78. The number of rotatable bonds is 5. The van der Waals surface area contributed by atoms with Crippen molar-refractivity contribution in [2.24, 2.45) is 20.0 Å². The van der Waals surface area contributed by atoms with Crippen molar-refractivity contribution in [3.63, 3.8) is 0 Å². The number of anilines is 1. The minimum atomic E-state index is -0.292. The molecule has 8 nitrogen and oxygen atoms in total. The average molecular weight is 399 g/mol. The standard InChI is InChI=1S/C21H29N5O3/c1-24-18(12-19(27)25(2)21(24)28)26-9-5-17(14-26)23-20(15-6-10-29-11-7-15)16-4-3-8-22-13-16/h3-4,8,12-13,15,17,20,23H,5-7,9-11,14H2,1-2H3/t17-,20?/m1/s1. The van der Waals surface area contributed by atoms with Crippen LogP contribution in [0.4, 0.5) is 5.82 Å². The van der Waals surface area contributed by atoms with Crippen LogP contribution in [0, 0.1) is 5.92 Å². The van der Waals surface area contributed by atoms with Crippen LogP contribution < -0.4 is 21.5 Å². The van der Waals surface area contributed by atoms with E-state index in [1.165, 1.54) is 12.6 Å². The van der Waals surface area contributed by atoms with Crippen molar-refractivity contribution in [1.29, 1.82) is 0 Å². The Bertz CT molecular complexity index is 949. The second kappa shape index (κ2) is 8.51. The summed E-state index contributed by atoms with van der Waals surface area (Å²) in [5.74, 6) is 1.20. The third-order valence-electron chi connectivity index (χ3n) is 6.21. The third-order valence-corrected chi connectivity index (χ3v) is 6.21. The molecule has 2 aliphatic heterocycles. The molecule has 2 atom stereocenters. The van der Waals surface area contributed by atoms with Gasteiger partial charge in [-0.25, -0.2) is 4.79 Å². The summed E-state index contributed by atoms with van der Waals surface area (Å²) < 4.78 is 8.25. The minimum Gasteiger partial charge on any atom is -0.381 e. The molecule has 0 amide bonds. The minimum absolute atomic E-state index is 0.227. The molecule has 0 aliphatic carbocycles. The Morgan fingerprint density at radius 3 is 2.69 bits per heavy atom. The molecule has 156 valence electrons. The van der Waals surface area contributed by atoms with Gasteiger partial charge in [0.2, 0.25) is 0 Å². The third kappa shape index (κ3) is 4.13. The monoisotopic (exact) mass is 399 g/mol. The van der Waals surface area contributed by atoms with Crippen LogP contribution in [0.1, 0.15) is 30.9 Å². The molecule has 2 saturated heterocycles. The molecule has 29 heavy (non-hydrogen) atoms. The zero-order chi connectivity index (χ0) is 20.4. The smallest absolute Gasteiger partial charge is 0.332 e. The summed E-state index contributed by atoms with van der Waals surface area (Å²) in [5.41, 5.74) is 0.646. The lowest BCUT2D eigenvalue weighted by atomic mass is 9.87. The maximum Gasteiger partial charge on any atom is 0.332 e. The van der Waals surface area contributed by atoms with E-state index in [-0.39, 0.29) is 23.3 Å². The van der Waals surface area contributed by atoms with Crippen LogP contribution >= 0.6 is 0 Å². The fraction of sp³-hybridized carbons (Fsp3) is 0.571. The maximum absolute atomic E-state index is 12.3. The molecule has 0 saturated carbocycles. The van der Waals surface area contributed by atoms with Gasteiger partial charge in [-0.05, 0) is 36.8 Å². The number of nitrogens with zero attached hydrogens (tertiary/aromatic N) is 4. The second-order valence-electron chi connectivity index (χ2n) is 8.05. The zero-order valence-electron chi connectivity index (χ0n) is 17.1. The number of pyridine rings is 1. The molecule has 2 aromatic rings. The Kier molecular flexibility index (Phi) is 5.82. The van der Waals surface area contributed by atoms with Crippen LogP contribution in [-0.2, 0) is 18.8 Å². The Morgan fingerprint density at radius 1 is 1.17 bits per heavy atom. The molecule has 2 aliphatic rings. The number of nitrogens with one attached hydrogen (secondary N) is 1. The van der Waals surface area contributed by atoms with Crippen molar-refractivity contribution in [2.45, 2.75) is 31.3 Å². The van der Waals surface area contributed by atoms with E-state index < -0.39 is 0 Å². The Morgan fingerprint density at radius 2 is 1.97 bits per heavy atom. The molecule has 0 radical (unpaired) electrons. The Hall–Kier alpha value is -2.45. The largest absolute Gasteiger partial charge is 0.381 e. The van der Waals surface area contributed by atoms with Gasteiger partial charge in [-0.1, -0.05) is 6.07 Å². The number of hydrogen-bond donors (Lipinski definition) is 1. The van der Waals surface area contributed by atoms with Crippen LogP contribution in [0.15, 0.2) is 40.2 Å². The van der Waals surface area contributed by atoms with Gasteiger partial charge in [0, 0.05) is 70.9 Å². The first-order chi connectivity index (χ1) is 14.0. The highest BCUT2D eigenvalue weighted by Gasteiger charge is 2.31. The van der Waals surface area contributed by atoms with Gasteiger partial charge in [0.15, 0.2) is 0 Å². The normalized spacial score (nSPS) is 21.4. The fourth-order valence-electron chi connectivity index (χ4n) is 4.50. The average Bonchev–Trinajstić information content (AvgIpc) is 3.23. The van der Waals surface area contributed by atoms with Gasteiger partial charge >= 0.3 is 5.69 Å². The van der Waals surface area contributed by atoms with E-state index in [4.69, 9.17) is 4.74 Å². The Labute approximate surface area is 170 Å². The molecule has 0 spiro atoms. The predicted molar refractivity (Wildman–Crippen MR) is 111 cm³/mol. The van der Waals surface area contributed by atoms with Gasteiger partial charge in [0.25, 0.3) is 5.56 Å². The molecule has 1 N–H and O–H groups in total. The van der Waals surface area contributed by atoms with Gasteiger partial charge in [-0.15, -0.1) is 0 Å². The van der Waals surface area contributed by atoms with Gasteiger partial charge in [-0.2, -0.15) is 0 Å². The van der Waals surface area contributed by atoms with Crippen molar-refractivity contribution >= 4 is 5.82 Å². The molecule has 2 fully saturated rings. The van der Waals surface area contributed by atoms with Crippen LogP contribution in [0.3, 0.4) is 0 Å². The van der Waals surface area contributed by atoms with E-state index in [1.807, 2.05) is 12.3 Å². The Balaban J connectivity index is 1.52. The molecule has 1 unspecified atom stereocenters. The summed E-state index contributed by atoms with van der Waals surface area (Å²) in [6, 6.07) is 6.19. The molecule has 2 aromatic heterocycles. The molecule has 8 heteroatoms. The summed E-state index contributed by atoms with van der Waals surface area (Å²) in [5, 5.41) is 3.85. The predicted octanol–water partition coefficient (Wildman–Crippen LogP) is 0.815. The van der Waals surface area contributed by atoms with Crippen LogP contribution in [0.2, 0.25) is 0 Å². The highest BCUT2D eigenvalue weighted by atomic mass is 16.5. The summed E-state index contributed by atoms with van der Waals surface area (Å²) in [7, 11) is 3.23. The quantitative estimate of drug-likeness (QED) is 0.802. The van der Waals surface area contributed by atoms with Crippen LogP contribution in [0.25, 0.3) is 0 Å². The van der Waals surface area contributed by atoms with Crippen molar-refractivity contribution < 1.29 is 4.74 Å². The van der Waals surface area contributed by atoms with Gasteiger partial charge in [-0.3, -0.25) is 18.9 Å². The SMILES string of the molecule is Cn1c(N2CC[C@@H](NC(c3cccnc3)C3CCOCC3)C2)cc(=O)n(C)c1=O. The molecular formula is C21H29N5O3. The first kappa shape index (κ1) is 19.8. The van der Waals surface area contributed by atoms with Crippen LogP contribution in [0.5, 0.6) is 0 Å². The first-order valence-electron chi connectivity index (χ1n) is 10.3. The molecule has 4 rings (SSSR count). The molecule has 0 aromatic carbocycles. The van der Waals surface area contributed by atoms with Crippen molar-refractivity contribution in [3.05, 3.63) is 57.0 Å². The fourth-order valence-corrected chi connectivity index (χ4v) is 4.50. The topological polar surface area (TPSA) is 81.4 Å². The van der Waals surface area contributed by atoms with Gasteiger partial charge < -0.3 is 15.0 Å². The lowest BCUT2D eigenvalue weighted by molar-refractivity contribution is 0.0521. The van der Waals surface area contributed by atoms with E-state index in [2.05, 4.69) is 21.3 Å². The van der Waals surface area contributed by atoms with E-state index >= 15 is 0 Å². The second-order valence-corrected chi connectivity index (χ2v) is 8.05. The number of ether oxygens (including phenoxy) is 1. The van der Waals surface area contributed by atoms with Crippen molar-refractivity contribution in [1.82, 2.24) is 19.4 Å². The summed E-state index contributed by atoms with van der Waals surface area (Å²) in [6.45, 7) is 3.18.